The van der Waals surface area contributed by atoms with Crippen molar-refractivity contribution >= 4 is 22.6 Å². The van der Waals surface area contributed by atoms with Gasteiger partial charge in [-0.05, 0) is 49.8 Å². The number of nitrogens with one attached hydrogen (secondary N) is 1. The molecule has 0 amide bonds. The highest BCUT2D eigenvalue weighted by Crippen LogP contribution is 2.18. The standard InChI is InChI=1S/C24H32ClN5O3/c1-17(32-2)21(25)12-18(14-26)15-27-19-6-8-29(9-7-19)10-11-30-23-13-20(33-3)16-28-22(23)4-5-24(30)31/h4-5,12-14,16,19,27H,1,6-11,15,26H2,2-3H3/b18-14+,21-12+. The first-order chi connectivity index (χ1) is 15.9. The van der Waals surface area contributed by atoms with Crippen LogP contribution in [0, 0.1) is 0 Å². The van der Waals surface area contributed by atoms with Crippen LogP contribution in [0.1, 0.15) is 12.8 Å². The Labute approximate surface area is 199 Å². The molecule has 0 aliphatic carbocycles. The van der Waals surface area contributed by atoms with E-state index in [1.54, 1.807) is 42.3 Å². The number of nitrogens with zero attached hydrogens (tertiary/aromatic N) is 3. The van der Waals surface area contributed by atoms with Crippen molar-refractivity contribution in [2.24, 2.45) is 5.73 Å². The lowest BCUT2D eigenvalue weighted by Gasteiger charge is -2.32. The van der Waals surface area contributed by atoms with Gasteiger partial charge in [-0.15, -0.1) is 0 Å². The molecule has 9 heteroatoms. The van der Waals surface area contributed by atoms with Crippen LogP contribution >= 0.6 is 11.6 Å². The number of ether oxygens (including phenoxy) is 2. The highest BCUT2D eigenvalue weighted by molar-refractivity contribution is 6.31. The maximum atomic E-state index is 12.5. The van der Waals surface area contributed by atoms with Crippen molar-refractivity contribution in [3.05, 3.63) is 70.0 Å². The predicted molar refractivity (Wildman–Crippen MR) is 132 cm³/mol. The molecule has 8 nitrogen and oxygen atoms in total. The Morgan fingerprint density at radius 1 is 1.33 bits per heavy atom. The summed E-state index contributed by atoms with van der Waals surface area (Å²) in [6, 6.07) is 5.58. The van der Waals surface area contributed by atoms with E-state index in [9.17, 15) is 4.79 Å². The SMILES string of the molecule is C=C(OC)/C(Cl)=C\C(=C/N)CNC1CCN(CCn2c(=O)ccc3ncc(OC)cc32)CC1. The van der Waals surface area contributed by atoms with Gasteiger partial charge in [-0.25, -0.2) is 0 Å². The first-order valence-corrected chi connectivity index (χ1v) is 11.3. The zero-order valence-corrected chi connectivity index (χ0v) is 20.0. The van der Waals surface area contributed by atoms with Crippen LogP contribution in [0.25, 0.3) is 11.0 Å². The first kappa shape index (κ1) is 24.8. The molecule has 1 aliphatic heterocycles. The maximum absolute atomic E-state index is 12.5. The zero-order chi connectivity index (χ0) is 23.8. The van der Waals surface area contributed by atoms with Crippen LogP contribution in [0.4, 0.5) is 0 Å². The van der Waals surface area contributed by atoms with Crippen molar-refractivity contribution in [2.45, 2.75) is 25.4 Å². The highest BCUT2D eigenvalue weighted by Gasteiger charge is 2.19. The van der Waals surface area contributed by atoms with Gasteiger partial charge in [0.2, 0.25) is 0 Å². The molecule has 33 heavy (non-hydrogen) atoms. The van der Waals surface area contributed by atoms with E-state index >= 15 is 0 Å². The molecule has 0 unspecified atom stereocenters. The third kappa shape index (κ3) is 6.60. The summed E-state index contributed by atoms with van der Waals surface area (Å²) in [4.78, 5) is 19.3. The summed E-state index contributed by atoms with van der Waals surface area (Å²) >= 11 is 6.17. The summed E-state index contributed by atoms with van der Waals surface area (Å²) in [6.07, 6.45) is 7.00. The van der Waals surface area contributed by atoms with Gasteiger partial charge in [0.1, 0.15) is 11.5 Å². The fraction of sp³-hybridized carbons (Fsp3) is 0.417. The van der Waals surface area contributed by atoms with Gasteiger partial charge in [-0.2, -0.15) is 0 Å². The van der Waals surface area contributed by atoms with Crippen LogP contribution in [-0.2, 0) is 11.3 Å². The summed E-state index contributed by atoms with van der Waals surface area (Å²) in [6.45, 7) is 7.68. The van der Waals surface area contributed by atoms with E-state index in [4.69, 9.17) is 26.8 Å². The van der Waals surface area contributed by atoms with E-state index in [1.807, 2.05) is 6.07 Å². The summed E-state index contributed by atoms with van der Waals surface area (Å²) in [5, 5.41) is 3.98. The molecule has 3 rings (SSSR count). The number of methoxy groups -OCH3 is 2. The van der Waals surface area contributed by atoms with Gasteiger partial charge < -0.3 is 30.0 Å². The summed E-state index contributed by atoms with van der Waals surface area (Å²) in [5.41, 5.74) is 8.16. The van der Waals surface area contributed by atoms with Crippen LogP contribution in [0.3, 0.4) is 0 Å². The van der Waals surface area contributed by atoms with E-state index in [-0.39, 0.29) is 5.56 Å². The maximum Gasteiger partial charge on any atom is 0.251 e. The molecule has 0 atom stereocenters. The first-order valence-electron chi connectivity index (χ1n) is 11.0. The Morgan fingerprint density at radius 2 is 2.09 bits per heavy atom. The minimum absolute atomic E-state index is 0.0296. The van der Waals surface area contributed by atoms with Crippen molar-refractivity contribution in [2.75, 3.05) is 40.4 Å². The molecule has 1 aliphatic rings. The normalized spacial score (nSPS) is 16.2. The van der Waals surface area contributed by atoms with Gasteiger partial charge in [0.05, 0.1) is 36.5 Å². The number of hydrogen-bond donors (Lipinski definition) is 2. The van der Waals surface area contributed by atoms with Gasteiger partial charge in [-0.3, -0.25) is 9.78 Å². The third-order valence-electron chi connectivity index (χ3n) is 5.91. The molecule has 178 valence electrons. The average Bonchev–Trinajstić information content (AvgIpc) is 2.85. The van der Waals surface area contributed by atoms with Crippen LogP contribution in [0.5, 0.6) is 5.75 Å². The van der Waals surface area contributed by atoms with Gasteiger partial charge in [0.15, 0.2) is 0 Å². The Kier molecular flexibility index (Phi) is 8.94. The zero-order valence-electron chi connectivity index (χ0n) is 19.2. The Balaban J connectivity index is 1.52. The molecule has 0 radical (unpaired) electrons. The number of hydrogen-bond acceptors (Lipinski definition) is 7. The second-order valence-corrected chi connectivity index (χ2v) is 8.37. The van der Waals surface area contributed by atoms with E-state index in [0.29, 0.717) is 35.7 Å². The third-order valence-corrected chi connectivity index (χ3v) is 6.23. The fourth-order valence-electron chi connectivity index (χ4n) is 3.85. The number of allylic oxidation sites excluding steroid dienone is 1. The summed E-state index contributed by atoms with van der Waals surface area (Å²) < 4.78 is 12.1. The van der Waals surface area contributed by atoms with E-state index in [0.717, 1.165) is 49.1 Å². The Hall–Kier alpha value is -2.81. The molecule has 0 aromatic carbocycles. The largest absolute Gasteiger partial charge is 0.496 e. The lowest BCUT2D eigenvalue weighted by Crippen LogP contribution is -2.44. The number of pyridine rings is 2. The highest BCUT2D eigenvalue weighted by atomic mass is 35.5. The van der Waals surface area contributed by atoms with Gasteiger partial charge in [0, 0.05) is 37.8 Å². The number of nitrogens with two attached hydrogens (primary N) is 1. The smallest absolute Gasteiger partial charge is 0.251 e. The fourth-order valence-corrected chi connectivity index (χ4v) is 4.07. The van der Waals surface area contributed by atoms with E-state index in [2.05, 4.69) is 21.8 Å². The molecule has 0 bridgehead atoms. The quantitative estimate of drug-likeness (QED) is 0.404. The number of piperidine rings is 1. The van der Waals surface area contributed by atoms with Crippen LogP contribution in [0.2, 0.25) is 0 Å². The van der Waals surface area contributed by atoms with Crippen molar-refractivity contribution in [1.82, 2.24) is 19.8 Å². The number of halogens is 1. The lowest BCUT2D eigenvalue weighted by molar-refractivity contribution is 0.193. The Bertz CT molecular complexity index is 1090. The van der Waals surface area contributed by atoms with E-state index < -0.39 is 0 Å². The second kappa shape index (κ2) is 11.9. The molecule has 1 saturated heterocycles. The van der Waals surface area contributed by atoms with E-state index in [1.165, 1.54) is 7.11 Å². The minimum atomic E-state index is -0.0296. The van der Waals surface area contributed by atoms with Crippen molar-refractivity contribution in [3.63, 3.8) is 0 Å². The Morgan fingerprint density at radius 3 is 2.76 bits per heavy atom. The van der Waals surface area contributed by atoms with Gasteiger partial charge in [-0.1, -0.05) is 18.2 Å². The number of fused-ring (bicyclic) bond motifs is 1. The van der Waals surface area contributed by atoms with Crippen LogP contribution in [-0.4, -0.2) is 60.9 Å². The van der Waals surface area contributed by atoms with Crippen LogP contribution < -0.4 is 21.3 Å². The molecular formula is C24H32ClN5O3. The number of aromatic nitrogens is 2. The second-order valence-electron chi connectivity index (χ2n) is 7.96. The summed E-state index contributed by atoms with van der Waals surface area (Å²) in [5.74, 6) is 1.05. The molecule has 3 heterocycles. The molecule has 1 fully saturated rings. The van der Waals surface area contributed by atoms with Crippen molar-refractivity contribution in [3.8, 4) is 5.75 Å². The van der Waals surface area contributed by atoms with Crippen LogP contribution in [0.15, 0.2) is 64.4 Å². The van der Waals surface area contributed by atoms with Gasteiger partial charge >= 0.3 is 0 Å². The van der Waals surface area contributed by atoms with Crippen molar-refractivity contribution in [1.29, 1.82) is 0 Å². The van der Waals surface area contributed by atoms with Gasteiger partial charge in [0.25, 0.3) is 5.56 Å². The number of rotatable bonds is 10. The molecule has 2 aromatic heterocycles. The molecular weight excluding hydrogens is 442 g/mol. The molecule has 0 saturated carbocycles. The molecule has 2 aromatic rings. The lowest BCUT2D eigenvalue weighted by atomic mass is 10.0. The van der Waals surface area contributed by atoms with Crippen molar-refractivity contribution < 1.29 is 9.47 Å². The summed E-state index contributed by atoms with van der Waals surface area (Å²) in [7, 11) is 3.13. The average molecular weight is 474 g/mol. The molecule has 0 spiro atoms. The molecule has 3 N–H and O–H groups in total. The number of likely N-dealkylation sites (tertiary alicyclic amines) is 1. The monoisotopic (exact) mass is 473 g/mol. The predicted octanol–water partition coefficient (Wildman–Crippen LogP) is 2.58. The topological polar surface area (TPSA) is 94.6 Å². The minimum Gasteiger partial charge on any atom is -0.496 e.